The first kappa shape index (κ1) is 55.7. The highest BCUT2D eigenvalue weighted by molar-refractivity contribution is 7.66. The van der Waals surface area contributed by atoms with Crippen molar-refractivity contribution in [3.05, 3.63) is 46.0 Å². The number of aromatic nitrogens is 12. The zero-order valence-corrected chi connectivity index (χ0v) is 43.4. The molecule has 0 saturated carbocycles. The third-order valence-corrected chi connectivity index (χ3v) is 17.8. The molecule has 9 heterocycles. The van der Waals surface area contributed by atoms with E-state index >= 15 is 0 Å². The summed E-state index contributed by atoms with van der Waals surface area (Å²) < 4.78 is 111. The van der Waals surface area contributed by atoms with Gasteiger partial charge in [-0.25, -0.2) is 42.8 Å². The fourth-order valence-corrected chi connectivity index (χ4v) is 13.7. The van der Waals surface area contributed by atoms with Crippen LogP contribution in [0.4, 0.5) is 17.7 Å². The number of H-pyrrole nitrogens is 2. The van der Waals surface area contributed by atoms with Crippen molar-refractivity contribution >= 4 is 82.5 Å². The molecule has 37 nitrogen and oxygen atoms in total. The number of aliphatic hydroxyl groups excluding tert-OH is 2. The predicted octanol–water partition coefficient (Wildman–Crippen LogP) is -1.77. The second-order valence-electron chi connectivity index (χ2n) is 17.4. The Hall–Kier alpha value is -5.07. The Balaban J connectivity index is 0.866. The number of aryl methyl sites for hydroxylation is 1. The fraction of sp³-hybridized carbons (Fsp3) is 0.571. The number of nitrogen functional groups attached to an aromatic ring is 3. The first-order valence-electron chi connectivity index (χ1n) is 22.3. The van der Waals surface area contributed by atoms with Gasteiger partial charge in [0.2, 0.25) is 24.5 Å². The largest absolute Gasteiger partial charge is 0.490 e. The lowest BCUT2D eigenvalue weighted by Crippen LogP contribution is -2.38. The maximum atomic E-state index is 13.7. The maximum Gasteiger partial charge on any atom is 0.490 e. The van der Waals surface area contributed by atoms with Gasteiger partial charge < -0.3 is 65.9 Å². The highest BCUT2D eigenvalue weighted by Crippen LogP contribution is 2.68. The molecule has 6 aromatic rings. The van der Waals surface area contributed by atoms with E-state index in [-0.39, 0.29) is 63.0 Å². The summed E-state index contributed by atoms with van der Waals surface area (Å²) in [7, 11) is -20.4. The maximum absolute atomic E-state index is 13.7. The highest BCUT2D eigenvalue weighted by atomic mass is 31.3. The van der Waals surface area contributed by atoms with Crippen molar-refractivity contribution in [1.29, 1.82) is 0 Å². The lowest BCUT2D eigenvalue weighted by molar-refractivity contribution is -0.646. The van der Waals surface area contributed by atoms with Crippen LogP contribution in [-0.2, 0) is 71.0 Å². The minimum Gasteiger partial charge on any atom is -0.387 e. The van der Waals surface area contributed by atoms with E-state index in [2.05, 4.69) is 48.5 Å². The standard InChI is InChI=1S/C35H49N15O22P4/c1-5-14-13(2)31(50-12-47(3)20-28(50)44-35(38)46-30(20)54)67-15(14)6-65-74(57,58)71-76(61,62)72-75(59,60)66-8-17-23(24(63-4)33(69-17)48-10-41-18-25(36)39-9-40-26(18)48)70-73(55,56)64-7-16-21(51)22(52)32(68-16)49-11-42-19-27(49)43-34(37)45-29(19)53/h9-17,21-24,31-33,51-52H,5-8H2,1-4H3,(H11-,36,37,38,39,40,43,44,45,46,53,54,55,56,57,58,59,60,61,62)/p+1/t13-,14+,15-,16-,17-,21-,22-,23-,24-,31-,32-,33-/m1/s1. The van der Waals surface area contributed by atoms with Crippen molar-refractivity contribution in [2.24, 2.45) is 18.9 Å². The number of hydrogen-bond donors (Lipinski definition) is 11. The number of aromatic amines is 2. The molecule has 0 aromatic carbocycles. The molecule has 16 atom stereocenters. The van der Waals surface area contributed by atoms with E-state index in [0.717, 1.165) is 24.3 Å². The van der Waals surface area contributed by atoms with Crippen LogP contribution in [0.15, 0.2) is 34.9 Å². The number of phosphoric acid groups is 4. The van der Waals surface area contributed by atoms with E-state index in [0.29, 0.717) is 6.42 Å². The summed E-state index contributed by atoms with van der Waals surface area (Å²) in [6.07, 6.45) is -9.71. The predicted molar refractivity (Wildman–Crippen MR) is 250 cm³/mol. The lowest BCUT2D eigenvalue weighted by Gasteiger charge is -2.26. The van der Waals surface area contributed by atoms with E-state index in [1.165, 1.54) is 15.5 Å². The fourth-order valence-electron chi connectivity index (χ4n) is 9.26. The number of nitrogens with one attached hydrogen (secondary N) is 2. The summed E-state index contributed by atoms with van der Waals surface area (Å²) in [5, 5.41) is 21.8. The van der Waals surface area contributed by atoms with Gasteiger partial charge in [0.15, 0.2) is 35.1 Å². The van der Waals surface area contributed by atoms with Gasteiger partial charge in [-0.1, -0.05) is 20.3 Å². The van der Waals surface area contributed by atoms with Gasteiger partial charge >= 0.3 is 36.9 Å². The molecular formula is C35H50N15O22P4+. The number of rotatable bonds is 20. The lowest BCUT2D eigenvalue weighted by atomic mass is 9.89. The van der Waals surface area contributed by atoms with E-state index in [9.17, 15) is 57.6 Å². The second kappa shape index (κ2) is 21.0. The quantitative estimate of drug-likeness (QED) is 0.0298. The molecule has 4 unspecified atom stereocenters. The molecule has 9 rings (SSSR count). The van der Waals surface area contributed by atoms with E-state index < -0.39 is 124 Å². The molecule has 76 heavy (non-hydrogen) atoms. The Morgan fingerprint density at radius 2 is 1.25 bits per heavy atom. The number of imidazole rings is 3. The molecule has 0 spiro atoms. The summed E-state index contributed by atoms with van der Waals surface area (Å²) in [6.45, 7) is 0.701. The van der Waals surface area contributed by atoms with Crippen molar-refractivity contribution in [1.82, 2.24) is 53.6 Å². The number of ether oxygens (including phenoxy) is 4. The normalized spacial score (nSPS) is 30.2. The Bertz CT molecular complexity index is 3490. The van der Waals surface area contributed by atoms with Crippen LogP contribution in [0.5, 0.6) is 0 Å². The van der Waals surface area contributed by atoms with Crippen LogP contribution in [0.3, 0.4) is 0 Å². The monoisotopic (exact) mass is 1160 g/mol. The Kier molecular flexibility index (Phi) is 15.3. The van der Waals surface area contributed by atoms with E-state index in [1.807, 2.05) is 0 Å². The van der Waals surface area contributed by atoms with Gasteiger partial charge in [-0.3, -0.25) is 46.8 Å². The minimum absolute atomic E-state index is 0.0329. The summed E-state index contributed by atoms with van der Waals surface area (Å²) >= 11 is 0. The molecule has 0 bridgehead atoms. The Labute approximate surface area is 424 Å². The first-order valence-corrected chi connectivity index (χ1v) is 28.3. The van der Waals surface area contributed by atoms with Gasteiger partial charge in [-0.2, -0.15) is 23.2 Å². The molecule has 41 heteroatoms. The summed E-state index contributed by atoms with van der Waals surface area (Å²) in [5.41, 5.74) is 16.3. The number of anilines is 3. The summed E-state index contributed by atoms with van der Waals surface area (Å²) in [4.78, 5) is 96.7. The van der Waals surface area contributed by atoms with Crippen LogP contribution in [0.2, 0.25) is 0 Å². The molecule has 14 N–H and O–H groups in total. The SMILES string of the molecule is CC[C@H]1[C@@H](C)[C@H](n2c[n+](C)c3c(=O)[nH]c(N)nc32)O[C@@H]1COP(=O)(O)OP(=O)(O)OP(=O)(O)OC[C@H]1O[C@@H](n2cnc3c(N)ncnc32)[C@H](OC)[C@@H]1OP(=O)(O)OC[C@H]1O[C@@H](n2cnc3c(=O)[nH]c(N)nc32)[C@H](O)[C@@H]1O. The molecule has 0 radical (unpaired) electrons. The van der Waals surface area contributed by atoms with Crippen LogP contribution in [0.25, 0.3) is 33.5 Å². The van der Waals surface area contributed by atoms with E-state index in [4.69, 9.17) is 54.2 Å². The molecule has 3 saturated heterocycles. The molecular weight excluding hydrogens is 1110 g/mol. The molecule has 416 valence electrons. The number of fused-ring (bicyclic) bond motifs is 3. The highest BCUT2D eigenvalue weighted by Gasteiger charge is 2.54. The Morgan fingerprint density at radius 1 is 0.684 bits per heavy atom. The van der Waals surface area contributed by atoms with Crippen LogP contribution in [0.1, 0.15) is 39.0 Å². The first-order chi connectivity index (χ1) is 35.7. The van der Waals surface area contributed by atoms with Gasteiger partial charge in [0.25, 0.3) is 16.7 Å². The van der Waals surface area contributed by atoms with E-state index in [1.54, 1.807) is 31.8 Å². The number of aliphatic hydroxyl groups is 2. The van der Waals surface area contributed by atoms with Gasteiger partial charge in [0.05, 0.1) is 45.6 Å². The van der Waals surface area contributed by atoms with Crippen molar-refractivity contribution in [2.75, 3.05) is 44.1 Å². The number of nitrogens with two attached hydrogens (primary N) is 3. The summed E-state index contributed by atoms with van der Waals surface area (Å²) in [5.74, 6) is -1.27. The van der Waals surface area contributed by atoms with Gasteiger partial charge in [0, 0.05) is 13.0 Å². The Morgan fingerprint density at radius 3 is 1.91 bits per heavy atom. The van der Waals surface area contributed by atoms with Crippen LogP contribution in [-0.4, -0.2) is 153 Å². The third kappa shape index (κ3) is 11.0. The van der Waals surface area contributed by atoms with Crippen molar-refractivity contribution in [3.63, 3.8) is 0 Å². The number of nitrogens with zero attached hydrogens (tertiary/aromatic N) is 10. The molecule has 3 fully saturated rings. The van der Waals surface area contributed by atoms with Crippen LogP contribution in [0, 0.1) is 11.8 Å². The average molecular weight is 1160 g/mol. The van der Waals surface area contributed by atoms with Gasteiger partial charge in [-0.15, -0.1) is 0 Å². The zero-order chi connectivity index (χ0) is 55.0. The van der Waals surface area contributed by atoms with Crippen LogP contribution < -0.4 is 32.9 Å². The third-order valence-electron chi connectivity index (χ3n) is 12.6. The van der Waals surface area contributed by atoms with Gasteiger partial charge in [-0.05, 0) is 5.92 Å². The zero-order valence-electron chi connectivity index (χ0n) is 39.8. The molecule has 3 aliphatic heterocycles. The second-order valence-corrected chi connectivity index (χ2v) is 23.5. The summed E-state index contributed by atoms with van der Waals surface area (Å²) in [6, 6.07) is 0. The molecule has 6 aromatic heterocycles. The number of hydrogen-bond acceptors (Lipinski definition) is 27. The number of methoxy groups -OCH3 is 1. The van der Waals surface area contributed by atoms with Crippen LogP contribution >= 0.6 is 31.3 Å². The average Bonchev–Trinajstić information content (AvgIpc) is 4.20. The van der Waals surface area contributed by atoms with Crippen molar-refractivity contribution in [3.8, 4) is 0 Å². The molecule has 0 aliphatic carbocycles. The topological polar surface area (TPSA) is 522 Å². The molecule has 3 aliphatic rings. The van der Waals surface area contributed by atoms with Gasteiger partial charge in [0.1, 0.15) is 48.5 Å². The number of phosphoric ester groups is 3. The minimum atomic E-state index is -6.10. The van der Waals surface area contributed by atoms with Crippen molar-refractivity contribution in [2.45, 2.75) is 81.7 Å². The smallest absolute Gasteiger partial charge is 0.387 e. The molecule has 0 amide bonds. The van der Waals surface area contributed by atoms with Crippen molar-refractivity contribution < 1.29 is 98.3 Å².